The molecule has 3 saturated heterocycles. The second kappa shape index (κ2) is 8.04. The van der Waals surface area contributed by atoms with Gasteiger partial charge in [-0.1, -0.05) is 18.2 Å². The number of carbonyl (C=O) groups is 1. The minimum Gasteiger partial charge on any atom is -0.377 e. The molecule has 196 valence electrons. The summed E-state index contributed by atoms with van der Waals surface area (Å²) in [6.45, 7) is 0.366. The molecule has 1 amide bonds. The number of fused-ring (bicyclic) bond motifs is 2. The van der Waals surface area contributed by atoms with Crippen LogP contribution in [-0.2, 0) is 26.0 Å². The van der Waals surface area contributed by atoms with Crippen molar-refractivity contribution in [3.8, 4) is 11.1 Å². The molecule has 37 heavy (non-hydrogen) atoms. The fourth-order valence-electron chi connectivity index (χ4n) is 6.70. The van der Waals surface area contributed by atoms with Crippen LogP contribution in [0.15, 0.2) is 36.4 Å². The van der Waals surface area contributed by atoms with Crippen LogP contribution in [0.5, 0.6) is 0 Å². The number of hydrogen-bond acceptors (Lipinski definition) is 4. The first-order chi connectivity index (χ1) is 17.6. The van der Waals surface area contributed by atoms with E-state index in [0.29, 0.717) is 38.7 Å². The van der Waals surface area contributed by atoms with Gasteiger partial charge < -0.3 is 9.64 Å². The van der Waals surface area contributed by atoms with E-state index < -0.39 is 50.2 Å². The average molecular weight is 533 g/mol. The van der Waals surface area contributed by atoms with Crippen LogP contribution in [0, 0.1) is 28.8 Å². The highest BCUT2D eigenvalue weighted by molar-refractivity contribution is 7.90. The molecule has 0 spiro atoms. The number of amides is 1. The molecule has 6 fully saturated rings. The monoisotopic (exact) mass is 532 g/mol. The molecule has 2 bridgehead atoms. The molecule has 0 aromatic heterocycles. The van der Waals surface area contributed by atoms with E-state index in [9.17, 15) is 22.0 Å². The second-order valence-corrected chi connectivity index (χ2v) is 13.4. The summed E-state index contributed by atoms with van der Waals surface area (Å²) in [5.41, 5.74) is -0.169. The Kier molecular flexibility index (Phi) is 5.14. The summed E-state index contributed by atoms with van der Waals surface area (Å²) in [7, 11) is -3.54. The smallest absolute Gasteiger partial charge is 0.231 e. The summed E-state index contributed by atoms with van der Waals surface area (Å²) in [5.74, 6) is -2.29. The topological polar surface area (TPSA) is 75.7 Å². The lowest BCUT2D eigenvalue weighted by atomic mass is 9.69. The molecule has 4 atom stereocenters. The highest BCUT2D eigenvalue weighted by Crippen LogP contribution is 2.56. The highest BCUT2D eigenvalue weighted by atomic mass is 32.2. The van der Waals surface area contributed by atoms with Gasteiger partial charge in [-0.2, -0.15) is 0 Å². The predicted octanol–water partition coefficient (Wildman–Crippen LogP) is 3.54. The Morgan fingerprint density at radius 3 is 2.49 bits per heavy atom. The first-order valence-corrected chi connectivity index (χ1v) is 14.4. The summed E-state index contributed by atoms with van der Waals surface area (Å²) in [6, 6.07) is 6.38. The lowest BCUT2D eigenvalue weighted by molar-refractivity contribution is -0.146. The number of hydrogen-bond donors (Lipinski definition) is 1. The molecule has 0 radical (unpaired) electrons. The second-order valence-electron chi connectivity index (χ2n) is 11.4. The third kappa shape index (κ3) is 3.82. The largest absolute Gasteiger partial charge is 0.377 e. The maximum absolute atomic E-state index is 15.8. The van der Waals surface area contributed by atoms with E-state index in [1.807, 2.05) is 4.90 Å². The van der Waals surface area contributed by atoms with Crippen molar-refractivity contribution in [2.45, 2.75) is 68.0 Å². The number of likely N-dealkylation sites (tertiary alicyclic amines) is 1. The number of sulfonamides is 1. The van der Waals surface area contributed by atoms with E-state index in [1.54, 1.807) is 12.1 Å². The molecule has 6 aliphatic rings. The average Bonchev–Trinajstić information content (AvgIpc) is 3.72. The summed E-state index contributed by atoms with van der Waals surface area (Å²) in [6.07, 6.45) is 3.47. The van der Waals surface area contributed by atoms with Gasteiger partial charge in [0, 0.05) is 23.7 Å². The van der Waals surface area contributed by atoms with Gasteiger partial charge in [0.15, 0.2) is 0 Å². The molecule has 2 aromatic carbocycles. The van der Waals surface area contributed by atoms with Crippen LogP contribution < -0.4 is 4.72 Å². The number of nitrogens with zero attached hydrogens (tertiary/aromatic N) is 1. The quantitative estimate of drug-likeness (QED) is 0.592. The number of rotatable bonds is 7. The number of nitrogens with one attached hydrogen (secondary N) is 1. The molecule has 1 N–H and O–H groups in total. The van der Waals surface area contributed by atoms with Crippen LogP contribution in [0.1, 0.15) is 37.7 Å². The lowest BCUT2D eigenvalue weighted by Gasteiger charge is -2.41. The fraction of sp³-hybridized carbons (Fsp3) is 0.519. The predicted molar refractivity (Wildman–Crippen MR) is 128 cm³/mol. The van der Waals surface area contributed by atoms with Gasteiger partial charge in [-0.3, -0.25) is 4.79 Å². The van der Waals surface area contributed by atoms with Crippen LogP contribution in [0.2, 0.25) is 0 Å². The van der Waals surface area contributed by atoms with Crippen LogP contribution >= 0.6 is 0 Å². The van der Waals surface area contributed by atoms with Crippen LogP contribution in [-0.4, -0.2) is 55.3 Å². The highest BCUT2D eigenvalue weighted by Gasteiger charge is 2.66. The molecule has 10 heteroatoms. The molecule has 3 saturated carbocycles. The Bertz CT molecular complexity index is 1380. The molecule has 2 aromatic rings. The van der Waals surface area contributed by atoms with Gasteiger partial charge in [0.1, 0.15) is 17.5 Å². The first-order valence-electron chi connectivity index (χ1n) is 12.8. The van der Waals surface area contributed by atoms with Crippen molar-refractivity contribution in [1.82, 2.24) is 9.62 Å². The van der Waals surface area contributed by atoms with E-state index in [4.69, 9.17) is 4.74 Å². The zero-order valence-corrected chi connectivity index (χ0v) is 20.8. The summed E-state index contributed by atoms with van der Waals surface area (Å²) >= 11 is 0. The van der Waals surface area contributed by atoms with Crippen molar-refractivity contribution in [2.24, 2.45) is 11.3 Å². The van der Waals surface area contributed by atoms with Crippen LogP contribution in [0.3, 0.4) is 0 Å². The molecular formula is C27H27F3N2O4S. The van der Waals surface area contributed by atoms with Gasteiger partial charge in [0.2, 0.25) is 15.9 Å². The van der Waals surface area contributed by atoms with E-state index in [0.717, 1.165) is 18.2 Å². The Balaban J connectivity index is 1.24. The van der Waals surface area contributed by atoms with Gasteiger partial charge in [0.25, 0.3) is 0 Å². The van der Waals surface area contributed by atoms with Crippen molar-refractivity contribution in [2.75, 3.05) is 6.61 Å². The van der Waals surface area contributed by atoms with Gasteiger partial charge in [-0.05, 0) is 67.7 Å². The van der Waals surface area contributed by atoms with Gasteiger partial charge in [0.05, 0.1) is 29.4 Å². The number of benzene rings is 2. The molecule has 6 nitrogen and oxygen atoms in total. The molecule has 3 heterocycles. The number of piperidine rings is 1. The van der Waals surface area contributed by atoms with Gasteiger partial charge >= 0.3 is 0 Å². The minimum atomic E-state index is -3.54. The molecule has 8 rings (SSSR count). The maximum Gasteiger partial charge on any atom is 0.231 e. The normalized spacial score (nSPS) is 33.8. The molecular weight excluding hydrogens is 505 g/mol. The van der Waals surface area contributed by atoms with Gasteiger partial charge in [-0.15, -0.1) is 0 Å². The number of halogens is 3. The van der Waals surface area contributed by atoms with Crippen LogP contribution in [0.25, 0.3) is 11.1 Å². The minimum absolute atomic E-state index is 0.0133. The zero-order valence-electron chi connectivity index (χ0n) is 20.0. The van der Waals surface area contributed by atoms with Crippen molar-refractivity contribution in [3.05, 3.63) is 59.4 Å². The van der Waals surface area contributed by atoms with E-state index in [1.165, 1.54) is 6.07 Å². The molecule has 0 unspecified atom stereocenters. The molecule has 3 aliphatic heterocycles. The number of ether oxygens (including phenoxy) is 1. The van der Waals surface area contributed by atoms with Gasteiger partial charge in [-0.25, -0.2) is 26.3 Å². The van der Waals surface area contributed by atoms with E-state index >= 15 is 4.39 Å². The summed E-state index contributed by atoms with van der Waals surface area (Å²) < 4.78 is 77.9. The lowest BCUT2D eigenvalue weighted by Crippen LogP contribution is -2.56. The Hall–Kier alpha value is -2.43. The zero-order chi connectivity index (χ0) is 25.7. The third-order valence-corrected chi connectivity index (χ3v) is 10.8. The Labute approximate surface area is 213 Å². The third-order valence-electron chi connectivity index (χ3n) is 8.86. The van der Waals surface area contributed by atoms with E-state index in [2.05, 4.69) is 4.72 Å². The molecule has 3 aliphatic carbocycles. The van der Waals surface area contributed by atoms with E-state index in [-0.39, 0.29) is 47.1 Å². The Morgan fingerprint density at radius 1 is 1.11 bits per heavy atom. The van der Waals surface area contributed by atoms with Crippen molar-refractivity contribution < 1.29 is 31.1 Å². The SMILES string of the molecule is O=C(N1[C@@H]2C[C@@H]2[C@@H](NS(=O)(=O)C2CC2)[C@H]1Cc1cccc(-c2cc(F)cc(F)c2)c1F)C12COC(C1)C2. The first kappa shape index (κ1) is 23.7. The maximum atomic E-state index is 15.8. The van der Waals surface area contributed by atoms with Crippen molar-refractivity contribution in [3.63, 3.8) is 0 Å². The standard InChI is InChI=1S/C27H27F3N2O4S/c28-16-6-15(7-17(29)9-16)20-3-1-2-14(24(20)30)8-23-25(31-37(34,35)19-4-5-19)21-10-22(21)32(23)26(33)27-11-18(12-27)36-13-27/h1-3,6-7,9,18-19,21-23,25,31H,4-5,8,10-13H2/t18?,21-,22+,23+,25+,27?/m0/s1. The van der Waals surface area contributed by atoms with Crippen LogP contribution in [0.4, 0.5) is 13.2 Å². The summed E-state index contributed by atoms with van der Waals surface area (Å²) in [4.78, 5) is 15.7. The Morgan fingerprint density at radius 2 is 1.84 bits per heavy atom. The number of carbonyl (C=O) groups excluding carboxylic acids is 1. The van der Waals surface area contributed by atoms with Crippen molar-refractivity contribution >= 4 is 15.9 Å². The summed E-state index contributed by atoms with van der Waals surface area (Å²) in [5, 5.41) is -0.410. The van der Waals surface area contributed by atoms with Crippen molar-refractivity contribution in [1.29, 1.82) is 0 Å². The fourth-order valence-corrected chi connectivity index (χ4v) is 8.36.